The third-order valence-electron chi connectivity index (χ3n) is 2.91. The van der Waals surface area contributed by atoms with Crippen LogP contribution in [0.3, 0.4) is 0 Å². The number of nitrogens with two attached hydrogens (primary N) is 1. The first-order chi connectivity index (χ1) is 8.10. The highest BCUT2D eigenvalue weighted by Crippen LogP contribution is 2.22. The fourth-order valence-electron chi connectivity index (χ4n) is 1.91. The van der Waals surface area contributed by atoms with Crippen molar-refractivity contribution < 1.29 is 4.42 Å². The molecule has 17 heavy (non-hydrogen) atoms. The normalized spacial score (nSPS) is 12.9. The van der Waals surface area contributed by atoms with Crippen LogP contribution in [0.2, 0.25) is 0 Å². The smallest absolute Gasteiger partial charge is 0.192 e. The van der Waals surface area contributed by atoms with Gasteiger partial charge in [0.25, 0.3) is 0 Å². The molecule has 1 unspecified atom stereocenters. The summed E-state index contributed by atoms with van der Waals surface area (Å²) >= 11 is 0. The SMILES string of the molecule is Cc1nc2ccc(N(C)CC(C)CN)cc2o1. The minimum Gasteiger partial charge on any atom is -0.441 e. The van der Waals surface area contributed by atoms with E-state index in [-0.39, 0.29) is 0 Å². The Morgan fingerprint density at radius 1 is 1.47 bits per heavy atom. The van der Waals surface area contributed by atoms with Crippen molar-refractivity contribution in [3.05, 3.63) is 24.1 Å². The van der Waals surface area contributed by atoms with Gasteiger partial charge < -0.3 is 15.1 Å². The fourth-order valence-corrected chi connectivity index (χ4v) is 1.91. The largest absolute Gasteiger partial charge is 0.441 e. The predicted octanol–water partition coefficient (Wildman–Crippen LogP) is 2.17. The van der Waals surface area contributed by atoms with Crippen molar-refractivity contribution in [2.75, 3.05) is 25.0 Å². The molecule has 2 rings (SSSR count). The van der Waals surface area contributed by atoms with Gasteiger partial charge in [-0.15, -0.1) is 0 Å². The standard InChI is InChI=1S/C13H19N3O/c1-9(7-14)8-16(3)11-4-5-12-13(6-11)17-10(2)15-12/h4-6,9H,7-8,14H2,1-3H3. The molecular formula is C13H19N3O. The van der Waals surface area contributed by atoms with E-state index in [1.54, 1.807) is 0 Å². The number of anilines is 1. The van der Waals surface area contributed by atoms with Crippen molar-refractivity contribution >= 4 is 16.8 Å². The number of rotatable bonds is 4. The van der Waals surface area contributed by atoms with E-state index in [0.717, 1.165) is 23.3 Å². The minimum atomic E-state index is 0.479. The zero-order chi connectivity index (χ0) is 12.4. The van der Waals surface area contributed by atoms with Gasteiger partial charge in [-0.1, -0.05) is 6.92 Å². The van der Waals surface area contributed by atoms with E-state index < -0.39 is 0 Å². The summed E-state index contributed by atoms with van der Waals surface area (Å²) in [6, 6.07) is 6.08. The van der Waals surface area contributed by atoms with Crippen LogP contribution in [0, 0.1) is 12.8 Å². The highest BCUT2D eigenvalue weighted by atomic mass is 16.3. The molecule has 92 valence electrons. The Kier molecular flexibility index (Phi) is 3.33. The van der Waals surface area contributed by atoms with Gasteiger partial charge >= 0.3 is 0 Å². The number of hydrogen-bond acceptors (Lipinski definition) is 4. The number of fused-ring (bicyclic) bond motifs is 1. The highest BCUT2D eigenvalue weighted by molar-refractivity contribution is 5.77. The number of hydrogen-bond donors (Lipinski definition) is 1. The lowest BCUT2D eigenvalue weighted by molar-refractivity contribution is 0.560. The zero-order valence-corrected chi connectivity index (χ0v) is 10.6. The summed E-state index contributed by atoms with van der Waals surface area (Å²) in [5.74, 6) is 1.18. The maximum absolute atomic E-state index is 5.64. The van der Waals surface area contributed by atoms with Gasteiger partial charge in [-0.05, 0) is 24.6 Å². The summed E-state index contributed by atoms with van der Waals surface area (Å²) in [7, 11) is 2.07. The molecular weight excluding hydrogens is 214 g/mol. The molecule has 0 bridgehead atoms. The summed E-state index contributed by atoms with van der Waals surface area (Å²) < 4.78 is 5.53. The molecule has 0 fully saturated rings. The Hall–Kier alpha value is -1.55. The van der Waals surface area contributed by atoms with E-state index in [1.165, 1.54) is 0 Å². The van der Waals surface area contributed by atoms with Gasteiger partial charge in [0.2, 0.25) is 0 Å². The molecule has 0 spiro atoms. The molecule has 2 N–H and O–H groups in total. The van der Waals surface area contributed by atoms with E-state index in [0.29, 0.717) is 18.4 Å². The molecule has 2 aromatic rings. The summed E-state index contributed by atoms with van der Waals surface area (Å²) in [5.41, 5.74) is 8.52. The average molecular weight is 233 g/mol. The number of aromatic nitrogens is 1. The Balaban J connectivity index is 2.23. The number of benzene rings is 1. The molecule has 0 saturated carbocycles. The van der Waals surface area contributed by atoms with Gasteiger partial charge in [0, 0.05) is 32.3 Å². The van der Waals surface area contributed by atoms with E-state index in [4.69, 9.17) is 10.2 Å². The van der Waals surface area contributed by atoms with Gasteiger partial charge in [0.15, 0.2) is 11.5 Å². The van der Waals surface area contributed by atoms with Crippen molar-refractivity contribution in [1.82, 2.24) is 4.98 Å². The Labute approximate surface area is 101 Å². The zero-order valence-electron chi connectivity index (χ0n) is 10.6. The van der Waals surface area contributed by atoms with Crippen LogP contribution >= 0.6 is 0 Å². The molecule has 1 heterocycles. The maximum atomic E-state index is 5.64. The Morgan fingerprint density at radius 3 is 2.94 bits per heavy atom. The molecule has 0 aliphatic heterocycles. The second-order valence-corrected chi connectivity index (χ2v) is 4.61. The van der Waals surface area contributed by atoms with Crippen molar-refractivity contribution in [2.24, 2.45) is 11.7 Å². The van der Waals surface area contributed by atoms with Gasteiger partial charge in [-0.25, -0.2) is 4.98 Å². The summed E-state index contributed by atoms with van der Waals surface area (Å²) in [6.45, 7) is 5.65. The molecule has 0 aliphatic carbocycles. The molecule has 1 aromatic carbocycles. The minimum absolute atomic E-state index is 0.479. The van der Waals surface area contributed by atoms with Crippen LogP contribution in [0.5, 0.6) is 0 Å². The lowest BCUT2D eigenvalue weighted by Gasteiger charge is -2.22. The van der Waals surface area contributed by atoms with Crippen LogP contribution < -0.4 is 10.6 Å². The van der Waals surface area contributed by atoms with Gasteiger partial charge in [-0.2, -0.15) is 0 Å². The predicted molar refractivity (Wildman–Crippen MR) is 70.2 cm³/mol. The van der Waals surface area contributed by atoms with E-state index in [9.17, 15) is 0 Å². The monoisotopic (exact) mass is 233 g/mol. The van der Waals surface area contributed by atoms with E-state index in [2.05, 4.69) is 29.9 Å². The number of oxazole rings is 1. The molecule has 1 aromatic heterocycles. The van der Waals surface area contributed by atoms with Crippen LogP contribution in [0.1, 0.15) is 12.8 Å². The molecule has 0 aliphatic rings. The van der Waals surface area contributed by atoms with Crippen molar-refractivity contribution in [3.8, 4) is 0 Å². The van der Waals surface area contributed by atoms with Crippen LogP contribution in [0.4, 0.5) is 5.69 Å². The van der Waals surface area contributed by atoms with Crippen molar-refractivity contribution in [1.29, 1.82) is 0 Å². The van der Waals surface area contributed by atoms with Gasteiger partial charge in [-0.3, -0.25) is 0 Å². The Morgan fingerprint density at radius 2 is 2.24 bits per heavy atom. The summed E-state index contributed by atoms with van der Waals surface area (Å²) in [4.78, 5) is 6.47. The number of nitrogens with zero attached hydrogens (tertiary/aromatic N) is 2. The maximum Gasteiger partial charge on any atom is 0.192 e. The number of aryl methyl sites for hydroxylation is 1. The highest BCUT2D eigenvalue weighted by Gasteiger charge is 2.08. The fraction of sp³-hybridized carbons (Fsp3) is 0.462. The molecule has 4 nitrogen and oxygen atoms in total. The lowest BCUT2D eigenvalue weighted by atomic mass is 10.1. The van der Waals surface area contributed by atoms with Gasteiger partial charge in [0.05, 0.1) is 0 Å². The van der Waals surface area contributed by atoms with Crippen LogP contribution in [0.15, 0.2) is 22.6 Å². The van der Waals surface area contributed by atoms with E-state index in [1.807, 2.05) is 19.1 Å². The van der Waals surface area contributed by atoms with Crippen molar-refractivity contribution in [3.63, 3.8) is 0 Å². The summed E-state index contributed by atoms with van der Waals surface area (Å²) in [5, 5.41) is 0. The first kappa shape index (κ1) is 11.9. The van der Waals surface area contributed by atoms with Crippen LogP contribution in [-0.4, -0.2) is 25.1 Å². The quantitative estimate of drug-likeness (QED) is 0.879. The first-order valence-electron chi connectivity index (χ1n) is 5.88. The Bertz CT molecular complexity index is 506. The van der Waals surface area contributed by atoms with E-state index >= 15 is 0 Å². The summed E-state index contributed by atoms with van der Waals surface area (Å²) in [6.07, 6.45) is 0. The van der Waals surface area contributed by atoms with Crippen LogP contribution in [0.25, 0.3) is 11.1 Å². The average Bonchev–Trinajstić information content (AvgIpc) is 2.67. The van der Waals surface area contributed by atoms with Crippen molar-refractivity contribution in [2.45, 2.75) is 13.8 Å². The second-order valence-electron chi connectivity index (χ2n) is 4.61. The molecule has 4 heteroatoms. The molecule has 1 atom stereocenters. The second kappa shape index (κ2) is 4.75. The third-order valence-corrected chi connectivity index (χ3v) is 2.91. The third kappa shape index (κ3) is 2.58. The first-order valence-corrected chi connectivity index (χ1v) is 5.88. The molecule has 0 amide bonds. The molecule has 0 saturated heterocycles. The molecule has 0 radical (unpaired) electrons. The topological polar surface area (TPSA) is 55.3 Å². The van der Waals surface area contributed by atoms with Gasteiger partial charge in [0.1, 0.15) is 5.52 Å². The van der Waals surface area contributed by atoms with Crippen LogP contribution in [-0.2, 0) is 0 Å². The lowest BCUT2D eigenvalue weighted by Crippen LogP contribution is -2.28.